The van der Waals surface area contributed by atoms with Gasteiger partial charge in [-0.25, -0.2) is 0 Å². The maximum Gasteiger partial charge on any atom is 0.273 e. The molecule has 5 aromatic carbocycles. The topological polar surface area (TPSA) is 38.7 Å². The van der Waals surface area contributed by atoms with E-state index in [4.69, 9.17) is 9.47 Å². The average Bonchev–Trinajstić information content (AvgIpc) is 3.06. The summed E-state index contributed by atoms with van der Waals surface area (Å²) < 4.78 is 13.1. The quantitative estimate of drug-likeness (QED) is 0.332. The lowest BCUT2D eigenvalue weighted by Crippen LogP contribution is -2.46. The number of hydrogen-bond acceptors (Lipinski definition) is 3. The van der Waals surface area contributed by atoms with Crippen LogP contribution in [-0.4, -0.2) is 11.4 Å². The van der Waals surface area contributed by atoms with E-state index in [1.54, 1.807) is 0 Å². The molecule has 0 bridgehead atoms. The van der Waals surface area contributed by atoms with Crippen molar-refractivity contribution in [2.45, 2.75) is 25.2 Å². The number of hydrogen-bond donors (Lipinski definition) is 1. The van der Waals surface area contributed by atoms with Crippen LogP contribution in [0.1, 0.15) is 18.9 Å². The molecule has 1 atom stereocenters. The van der Waals surface area contributed by atoms with Crippen molar-refractivity contribution in [1.82, 2.24) is 0 Å². The molecule has 5 aromatic rings. The van der Waals surface area contributed by atoms with Crippen LogP contribution in [0.3, 0.4) is 0 Å². The molecule has 0 aromatic heterocycles. The third-order valence-electron chi connectivity index (χ3n) is 6.70. The first kappa shape index (κ1) is 19.8. The molecule has 0 aliphatic carbocycles. The maximum absolute atomic E-state index is 11.9. The summed E-state index contributed by atoms with van der Waals surface area (Å²) in [5.41, 5.74) is 1.43. The normalized spacial score (nSPS) is 15.1. The smallest absolute Gasteiger partial charge is 0.273 e. The second-order valence-corrected chi connectivity index (χ2v) is 8.53. The third kappa shape index (κ3) is 3.08. The predicted molar refractivity (Wildman–Crippen MR) is 133 cm³/mol. The van der Waals surface area contributed by atoms with Crippen molar-refractivity contribution in [3.8, 4) is 22.6 Å². The van der Waals surface area contributed by atoms with E-state index in [0.29, 0.717) is 17.9 Å². The van der Waals surface area contributed by atoms with Crippen LogP contribution >= 0.6 is 0 Å². The fourth-order valence-corrected chi connectivity index (χ4v) is 4.90. The fraction of sp³-hybridized carbons (Fsp3) is 0.133. The lowest BCUT2D eigenvalue weighted by Gasteiger charge is -2.35. The minimum Gasteiger partial charge on any atom is -0.451 e. The molecule has 1 aliphatic heterocycles. The maximum atomic E-state index is 11.9. The standard InChI is InChI=1S/C30H24O3/c1-2-30(31,22-12-4-3-5-13-22)29-32-25-18-16-20-10-6-8-14-23(20)27(25)28-24-15-9-7-11-21(24)17-19-26(28)33-29/h3-19,29,31H,2H2,1H3/t30-/m1/s1. The van der Waals surface area contributed by atoms with Crippen LogP contribution in [0.2, 0.25) is 0 Å². The lowest BCUT2D eigenvalue weighted by atomic mass is 9.90. The second-order valence-electron chi connectivity index (χ2n) is 8.53. The highest BCUT2D eigenvalue weighted by Gasteiger charge is 2.43. The Kier molecular flexibility index (Phi) is 4.60. The molecule has 0 saturated carbocycles. The molecule has 1 aliphatic rings. The Balaban J connectivity index is 1.66. The summed E-state index contributed by atoms with van der Waals surface area (Å²) in [5.74, 6) is 1.41. The lowest BCUT2D eigenvalue weighted by molar-refractivity contribution is -0.160. The van der Waals surface area contributed by atoms with E-state index >= 15 is 0 Å². The van der Waals surface area contributed by atoms with Crippen molar-refractivity contribution in [1.29, 1.82) is 0 Å². The molecular weight excluding hydrogens is 408 g/mol. The monoisotopic (exact) mass is 432 g/mol. The van der Waals surface area contributed by atoms with Gasteiger partial charge in [0.15, 0.2) is 5.60 Å². The van der Waals surface area contributed by atoms with Gasteiger partial charge in [0, 0.05) is 11.1 Å². The molecule has 3 nitrogen and oxygen atoms in total. The van der Waals surface area contributed by atoms with E-state index in [1.807, 2.05) is 73.7 Å². The highest BCUT2D eigenvalue weighted by Crippen LogP contribution is 2.49. The van der Waals surface area contributed by atoms with E-state index in [-0.39, 0.29) is 0 Å². The molecule has 1 N–H and O–H groups in total. The molecular formula is C30H24O3. The van der Waals surface area contributed by atoms with Gasteiger partial charge in [-0.2, -0.15) is 0 Å². The summed E-state index contributed by atoms with van der Waals surface area (Å²) in [6, 6.07) is 34.4. The molecule has 0 unspecified atom stereocenters. The molecule has 1 heterocycles. The summed E-state index contributed by atoms with van der Waals surface area (Å²) in [4.78, 5) is 0. The summed E-state index contributed by atoms with van der Waals surface area (Å²) in [7, 11) is 0. The Morgan fingerprint density at radius 1 is 0.636 bits per heavy atom. The molecule has 0 amide bonds. The fourth-order valence-electron chi connectivity index (χ4n) is 4.90. The molecule has 0 saturated heterocycles. The summed E-state index contributed by atoms with van der Waals surface area (Å²) in [6.45, 7) is 1.95. The van der Waals surface area contributed by atoms with Gasteiger partial charge >= 0.3 is 0 Å². The van der Waals surface area contributed by atoms with Gasteiger partial charge in [-0.3, -0.25) is 0 Å². The van der Waals surface area contributed by atoms with Gasteiger partial charge in [0.05, 0.1) is 0 Å². The number of benzene rings is 5. The van der Waals surface area contributed by atoms with Gasteiger partial charge in [-0.15, -0.1) is 0 Å². The van der Waals surface area contributed by atoms with Crippen LogP contribution in [0.25, 0.3) is 32.7 Å². The Labute approximate surface area is 192 Å². The van der Waals surface area contributed by atoms with Crippen LogP contribution in [0.4, 0.5) is 0 Å². The van der Waals surface area contributed by atoms with Crippen molar-refractivity contribution >= 4 is 21.5 Å². The Hall–Kier alpha value is -3.82. The molecule has 6 rings (SSSR count). The van der Waals surface area contributed by atoms with Crippen LogP contribution in [-0.2, 0) is 5.60 Å². The van der Waals surface area contributed by atoms with E-state index in [0.717, 1.165) is 38.2 Å². The van der Waals surface area contributed by atoms with Gasteiger partial charge in [0.2, 0.25) is 0 Å². The predicted octanol–water partition coefficient (Wildman–Crippen LogP) is 7.06. The molecule has 0 radical (unpaired) electrons. The summed E-state index contributed by atoms with van der Waals surface area (Å²) in [6.07, 6.45) is -0.472. The van der Waals surface area contributed by atoms with Gasteiger partial charge in [-0.05, 0) is 45.7 Å². The van der Waals surface area contributed by atoms with Gasteiger partial charge in [0.1, 0.15) is 11.5 Å². The molecule has 33 heavy (non-hydrogen) atoms. The first-order valence-electron chi connectivity index (χ1n) is 11.3. The second kappa shape index (κ2) is 7.65. The SMILES string of the molecule is CC[C@@](O)(c1ccccc1)C1Oc2ccc3ccccc3c2-c2c(ccc3ccccc23)O1. The van der Waals surface area contributed by atoms with Gasteiger partial charge < -0.3 is 14.6 Å². The molecule has 162 valence electrons. The van der Waals surface area contributed by atoms with Crippen LogP contribution in [0, 0.1) is 0 Å². The van der Waals surface area contributed by atoms with Crippen molar-refractivity contribution in [2.24, 2.45) is 0 Å². The minimum atomic E-state index is -1.32. The highest BCUT2D eigenvalue weighted by molar-refractivity contribution is 6.09. The van der Waals surface area contributed by atoms with E-state index in [1.165, 1.54) is 0 Å². The van der Waals surface area contributed by atoms with Gasteiger partial charge in [0.25, 0.3) is 6.29 Å². The largest absolute Gasteiger partial charge is 0.451 e. The summed E-state index contributed by atoms with van der Waals surface area (Å²) >= 11 is 0. The Morgan fingerprint density at radius 3 is 1.64 bits per heavy atom. The van der Waals surface area contributed by atoms with Crippen molar-refractivity contribution in [3.05, 3.63) is 109 Å². The number of aliphatic hydroxyl groups is 1. The zero-order valence-electron chi connectivity index (χ0n) is 18.4. The highest BCUT2D eigenvalue weighted by atomic mass is 16.7. The average molecular weight is 433 g/mol. The van der Waals surface area contributed by atoms with Crippen LogP contribution in [0.5, 0.6) is 11.5 Å². The molecule has 3 heteroatoms. The molecule has 0 spiro atoms. The van der Waals surface area contributed by atoms with Crippen molar-refractivity contribution < 1.29 is 14.6 Å². The number of rotatable bonds is 3. The Morgan fingerprint density at radius 2 is 1.12 bits per heavy atom. The zero-order chi connectivity index (χ0) is 22.4. The third-order valence-corrected chi connectivity index (χ3v) is 6.70. The van der Waals surface area contributed by atoms with Crippen molar-refractivity contribution in [2.75, 3.05) is 0 Å². The summed E-state index contributed by atoms with van der Waals surface area (Å²) in [5, 5.41) is 16.3. The zero-order valence-corrected chi connectivity index (χ0v) is 18.4. The van der Waals surface area contributed by atoms with Crippen molar-refractivity contribution in [3.63, 3.8) is 0 Å². The number of fused-ring (bicyclic) bond motifs is 7. The van der Waals surface area contributed by atoms with E-state index in [2.05, 4.69) is 36.4 Å². The molecule has 0 fully saturated rings. The van der Waals surface area contributed by atoms with Crippen LogP contribution in [0.15, 0.2) is 103 Å². The Bertz CT molecular complexity index is 1390. The van der Waals surface area contributed by atoms with E-state index < -0.39 is 11.9 Å². The first-order chi connectivity index (χ1) is 16.2. The van der Waals surface area contributed by atoms with Gasteiger partial charge in [-0.1, -0.05) is 97.9 Å². The minimum absolute atomic E-state index is 0.438. The first-order valence-corrected chi connectivity index (χ1v) is 11.3. The van der Waals surface area contributed by atoms with Crippen LogP contribution < -0.4 is 9.47 Å². The number of ether oxygens (including phenoxy) is 2. The van der Waals surface area contributed by atoms with E-state index in [9.17, 15) is 5.11 Å².